The first kappa shape index (κ1) is 20.9. The summed E-state index contributed by atoms with van der Waals surface area (Å²) in [7, 11) is 0. The Morgan fingerprint density at radius 1 is 1.12 bits per heavy atom. The Kier molecular flexibility index (Phi) is 4.77. The molecule has 1 aromatic heterocycles. The van der Waals surface area contributed by atoms with Crippen molar-refractivity contribution in [2.75, 3.05) is 4.90 Å². The van der Waals surface area contributed by atoms with Gasteiger partial charge in [-0.05, 0) is 54.7 Å². The van der Waals surface area contributed by atoms with Gasteiger partial charge in [-0.1, -0.05) is 12.1 Å². The number of nitrogens with two attached hydrogens (primary N) is 1. The molecule has 5 nitrogen and oxygen atoms in total. The molecule has 2 aromatic carbocycles. The molecule has 5 rings (SSSR count). The van der Waals surface area contributed by atoms with E-state index >= 15 is 0 Å². The second-order valence-electron chi connectivity index (χ2n) is 8.56. The van der Waals surface area contributed by atoms with E-state index in [1.54, 1.807) is 22.8 Å². The van der Waals surface area contributed by atoms with Gasteiger partial charge in [0.25, 0.3) is 0 Å². The van der Waals surface area contributed by atoms with E-state index in [9.17, 15) is 22.4 Å². The monoisotopic (exact) mass is 446 g/mol. The van der Waals surface area contributed by atoms with Crippen LogP contribution in [0.15, 0.2) is 36.4 Å². The fourth-order valence-electron chi connectivity index (χ4n) is 4.68. The van der Waals surface area contributed by atoms with Crippen LogP contribution in [0, 0.1) is 5.82 Å². The van der Waals surface area contributed by atoms with Gasteiger partial charge in [0.1, 0.15) is 11.6 Å². The highest BCUT2D eigenvalue weighted by atomic mass is 19.4. The lowest BCUT2D eigenvalue weighted by atomic mass is 9.98. The van der Waals surface area contributed by atoms with Gasteiger partial charge in [0.05, 0.1) is 28.7 Å². The molecule has 1 fully saturated rings. The van der Waals surface area contributed by atoms with E-state index in [0.717, 1.165) is 11.1 Å². The molecular weight excluding hydrogens is 424 g/mol. The number of rotatable bonds is 6. The first-order valence-electron chi connectivity index (χ1n) is 10.6. The number of amides is 1. The number of benzene rings is 2. The molecule has 1 aliphatic heterocycles. The zero-order valence-corrected chi connectivity index (χ0v) is 17.3. The van der Waals surface area contributed by atoms with Gasteiger partial charge in [0.15, 0.2) is 0 Å². The highest BCUT2D eigenvalue weighted by molar-refractivity contribution is 6.10. The maximum Gasteiger partial charge on any atom is 0.389 e. The van der Waals surface area contributed by atoms with Gasteiger partial charge >= 0.3 is 6.18 Å². The van der Waals surface area contributed by atoms with Crippen molar-refractivity contribution in [2.24, 2.45) is 5.73 Å². The van der Waals surface area contributed by atoms with Crippen molar-refractivity contribution in [3.8, 4) is 0 Å². The summed E-state index contributed by atoms with van der Waals surface area (Å²) in [5, 5.41) is 0. The Labute approximate surface area is 181 Å². The Morgan fingerprint density at radius 2 is 1.91 bits per heavy atom. The second-order valence-corrected chi connectivity index (χ2v) is 8.56. The van der Waals surface area contributed by atoms with Crippen LogP contribution in [0.3, 0.4) is 0 Å². The van der Waals surface area contributed by atoms with Crippen LogP contribution in [-0.2, 0) is 29.8 Å². The third-order valence-corrected chi connectivity index (χ3v) is 6.44. The van der Waals surface area contributed by atoms with E-state index in [1.165, 1.54) is 17.0 Å². The average Bonchev–Trinajstić information content (AvgIpc) is 3.43. The van der Waals surface area contributed by atoms with Crippen molar-refractivity contribution < 1.29 is 22.4 Å². The maximum atomic E-state index is 14.0. The van der Waals surface area contributed by atoms with Gasteiger partial charge in [-0.25, -0.2) is 9.37 Å². The number of aromatic nitrogens is 2. The number of hydrogen-bond acceptors (Lipinski definition) is 3. The average molecular weight is 446 g/mol. The number of fused-ring (bicyclic) bond motifs is 3. The zero-order chi connectivity index (χ0) is 22.7. The summed E-state index contributed by atoms with van der Waals surface area (Å²) < 4.78 is 54.0. The van der Waals surface area contributed by atoms with Crippen LogP contribution in [0.5, 0.6) is 0 Å². The predicted molar refractivity (Wildman–Crippen MR) is 111 cm³/mol. The minimum atomic E-state index is -4.25. The Morgan fingerprint density at radius 3 is 2.59 bits per heavy atom. The van der Waals surface area contributed by atoms with Crippen molar-refractivity contribution in [3.05, 3.63) is 59.2 Å². The molecule has 0 unspecified atom stereocenters. The number of halogens is 4. The Hall–Kier alpha value is -2.94. The normalized spacial score (nSPS) is 16.9. The van der Waals surface area contributed by atoms with E-state index in [2.05, 4.69) is 4.98 Å². The van der Waals surface area contributed by atoms with Gasteiger partial charge in [0.2, 0.25) is 5.91 Å². The summed E-state index contributed by atoms with van der Waals surface area (Å²) in [6.45, 7) is 0.484. The summed E-state index contributed by atoms with van der Waals surface area (Å²) in [4.78, 5) is 19.4. The molecule has 0 radical (unpaired) electrons. The summed E-state index contributed by atoms with van der Waals surface area (Å²) in [5.74, 6) is -0.0715. The van der Waals surface area contributed by atoms with Crippen molar-refractivity contribution in [2.45, 2.75) is 56.9 Å². The third kappa shape index (κ3) is 3.44. The zero-order valence-electron chi connectivity index (χ0n) is 17.3. The number of anilines is 1. The van der Waals surface area contributed by atoms with Gasteiger partial charge in [-0.15, -0.1) is 0 Å². The highest BCUT2D eigenvalue weighted by Crippen LogP contribution is 2.57. The quantitative estimate of drug-likeness (QED) is 0.565. The molecule has 168 valence electrons. The van der Waals surface area contributed by atoms with Crippen LogP contribution in [0.25, 0.3) is 11.0 Å². The molecule has 1 saturated carbocycles. The molecule has 2 heterocycles. The summed E-state index contributed by atoms with van der Waals surface area (Å²) in [5.41, 5.74) is 8.61. The molecule has 32 heavy (non-hydrogen) atoms. The molecule has 1 amide bonds. The number of nitrogens with zero attached hydrogens (tertiary/aromatic N) is 3. The van der Waals surface area contributed by atoms with Crippen LogP contribution in [0.2, 0.25) is 0 Å². The standard InChI is InChI=1S/C23H22F4N4O/c24-15-3-4-16-19(11-15)31(21(32)22(16)7-8-22)13-20-29-17-10-14(12-28)2-5-18(17)30(20)9-1-6-23(25,26)27/h2-5,10-11H,1,6-9,12-13,28H2. The van der Waals surface area contributed by atoms with Crippen molar-refractivity contribution >= 4 is 22.6 Å². The number of carbonyl (C=O) groups is 1. The third-order valence-electron chi connectivity index (χ3n) is 6.44. The lowest BCUT2D eigenvalue weighted by molar-refractivity contribution is -0.135. The molecule has 2 aliphatic rings. The van der Waals surface area contributed by atoms with Crippen LogP contribution >= 0.6 is 0 Å². The van der Waals surface area contributed by atoms with Gasteiger partial charge < -0.3 is 15.2 Å². The van der Waals surface area contributed by atoms with Gasteiger partial charge in [0, 0.05) is 19.5 Å². The molecule has 1 spiro atoms. The van der Waals surface area contributed by atoms with E-state index in [-0.39, 0.29) is 25.4 Å². The van der Waals surface area contributed by atoms with E-state index in [0.29, 0.717) is 41.9 Å². The van der Waals surface area contributed by atoms with Crippen LogP contribution < -0.4 is 10.6 Å². The van der Waals surface area contributed by atoms with Crippen LogP contribution in [0.1, 0.15) is 42.6 Å². The minimum Gasteiger partial charge on any atom is -0.326 e. The van der Waals surface area contributed by atoms with Crippen molar-refractivity contribution in [1.82, 2.24) is 9.55 Å². The van der Waals surface area contributed by atoms with Crippen molar-refractivity contribution in [1.29, 1.82) is 0 Å². The van der Waals surface area contributed by atoms with E-state index < -0.39 is 23.8 Å². The van der Waals surface area contributed by atoms with Gasteiger partial charge in [-0.2, -0.15) is 13.2 Å². The second kappa shape index (κ2) is 7.30. The Bertz CT molecular complexity index is 1210. The van der Waals surface area contributed by atoms with Crippen LogP contribution in [-0.4, -0.2) is 21.6 Å². The number of alkyl halides is 3. The SMILES string of the molecule is NCc1ccc2c(c1)nc(CN1C(=O)C3(CC3)c3ccc(F)cc31)n2CCCC(F)(F)F. The lowest BCUT2D eigenvalue weighted by Crippen LogP contribution is -2.32. The Balaban J connectivity index is 1.53. The lowest BCUT2D eigenvalue weighted by Gasteiger charge is -2.19. The maximum absolute atomic E-state index is 14.0. The first-order valence-corrected chi connectivity index (χ1v) is 10.6. The van der Waals surface area contributed by atoms with Crippen LogP contribution in [0.4, 0.5) is 23.2 Å². The van der Waals surface area contributed by atoms with Crippen molar-refractivity contribution in [3.63, 3.8) is 0 Å². The smallest absolute Gasteiger partial charge is 0.326 e. The number of imidazole rings is 1. The number of hydrogen-bond donors (Lipinski definition) is 1. The molecule has 0 atom stereocenters. The number of carbonyl (C=O) groups excluding carboxylic acids is 1. The molecule has 1 aliphatic carbocycles. The minimum absolute atomic E-state index is 0.0652. The predicted octanol–water partition coefficient (Wildman–Crippen LogP) is 4.56. The summed E-state index contributed by atoms with van der Waals surface area (Å²) in [6.07, 6.45) is -3.84. The fraction of sp³-hybridized carbons (Fsp3) is 0.391. The van der Waals surface area contributed by atoms with Gasteiger partial charge in [-0.3, -0.25) is 4.79 Å². The summed E-state index contributed by atoms with van der Waals surface area (Å²) >= 11 is 0. The highest BCUT2D eigenvalue weighted by Gasteiger charge is 2.59. The number of aryl methyl sites for hydroxylation is 1. The largest absolute Gasteiger partial charge is 0.389 e. The van der Waals surface area contributed by atoms with E-state index in [1.807, 2.05) is 6.07 Å². The first-order chi connectivity index (χ1) is 15.2. The topological polar surface area (TPSA) is 64.2 Å². The molecule has 3 aromatic rings. The fourth-order valence-corrected chi connectivity index (χ4v) is 4.68. The molecular formula is C23H22F4N4O. The molecule has 9 heteroatoms. The molecule has 0 bridgehead atoms. The summed E-state index contributed by atoms with van der Waals surface area (Å²) in [6, 6.07) is 9.79. The molecule has 2 N–H and O–H groups in total. The van der Waals surface area contributed by atoms with E-state index in [4.69, 9.17) is 5.73 Å². The molecule has 0 saturated heterocycles.